The van der Waals surface area contributed by atoms with E-state index in [1.165, 1.54) is 24.3 Å². The quantitative estimate of drug-likeness (QED) is 0.307. The molecule has 2 N–H and O–H groups in total. The van der Waals surface area contributed by atoms with Gasteiger partial charge in [0.1, 0.15) is 0 Å². The molecule has 0 aliphatic carbocycles. The van der Waals surface area contributed by atoms with Crippen LogP contribution >= 0.6 is 23.2 Å². The molecule has 0 unspecified atom stereocenters. The van der Waals surface area contributed by atoms with Crippen LogP contribution in [0.4, 0.5) is 22.7 Å². The fourth-order valence-electron chi connectivity index (χ4n) is 2.78. The SMILES string of the molecule is O=[N+]([O-])c1ccccc1S(=O)(=O)Nc1cc(NS(=O)(=O)c2ccccc2[N+](=O)[O-])c(Cl)cc1Cl. The van der Waals surface area contributed by atoms with E-state index < -0.39 is 51.1 Å². The molecule has 3 rings (SSSR count). The van der Waals surface area contributed by atoms with Gasteiger partial charge in [0, 0.05) is 12.1 Å². The van der Waals surface area contributed by atoms with Crippen molar-refractivity contribution in [3.8, 4) is 0 Å². The lowest BCUT2D eigenvalue weighted by Crippen LogP contribution is -2.17. The van der Waals surface area contributed by atoms with Crippen LogP contribution in [0.1, 0.15) is 0 Å². The number of sulfonamides is 2. The minimum absolute atomic E-state index is 0.249. The normalized spacial score (nSPS) is 11.6. The number of nitro groups is 2. The number of halogens is 2. The predicted octanol–water partition coefficient (Wildman–Crippen LogP) is 4.41. The van der Waals surface area contributed by atoms with Crippen molar-refractivity contribution < 1.29 is 26.7 Å². The van der Waals surface area contributed by atoms with Crippen molar-refractivity contribution in [3.63, 3.8) is 0 Å². The van der Waals surface area contributed by atoms with Crippen molar-refractivity contribution in [3.05, 3.63) is 90.9 Å². The molecule has 34 heavy (non-hydrogen) atoms. The first-order chi connectivity index (χ1) is 15.8. The standard InChI is InChI=1S/C18H12Cl2N4O8S2/c19-11-9-12(20)14(22-34(31,32)18-8-4-2-6-16(18)24(27)28)10-13(11)21-33(29,30)17-7-3-1-5-15(17)23(25)26/h1-10,21-22H. The number of anilines is 2. The van der Waals surface area contributed by atoms with E-state index >= 15 is 0 Å². The van der Waals surface area contributed by atoms with E-state index in [1.54, 1.807) is 0 Å². The summed E-state index contributed by atoms with van der Waals surface area (Å²) in [6.45, 7) is 0. The van der Waals surface area contributed by atoms with Crippen molar-refractivity contribution >= 4 is 66.0 Å². The molecule has 16 heteroatoms. The number of para-hydroxylation sites is 2. The summed E-state index contributed by atoms with van der Waals surface area (Å²) in [5.74, 6) is 0. The summed E-state index contributed by atoms with van der Waals surface area (Å²) in [6.07, 6.45) is 0. The van der Waals surface area contributed by atoms with Gasteiger partial charge in [-0.3, -0.25) is 29.7 Å². The van der Waals surface area contributed by atoms with Crippen LogP contribution in [0.25, 0.3) is 0 Å². The van der Waals surface area contributed by atoms with E-state index in [0.29, 0.717) is 0 Å². The molecule has 12 nitrogen and oxygen atoms in total. The van der Waals surface area contributed by atoms with E-state index in [4.69, 9.17) is 23.2 Å². The van der Waals surface area contributed by atoms with Crippen LogP contribution in [0.5, 0.6) is 0 Å². The second kappa shape index (κ2) is 9.42. The van der Waals surface area contributed by atoms with Gasteiger partial charge in [0.15, 0.2) is 9.79 Å². The fraction of sp³-hybridized carbons (Fsp3) is 0. The second-order valence-corrected chi connectivity index (χ2v) is 10.6. The van der Waals surface area contributed by atoms with Crippen molar-refractivity contribution in [1.82, 2.24) is 0 Å². The molecule has 0 aromatic heterocycles. The van der Waals surface area contributed by atoms with Crippen molar-refractivity contribution in [2.75, 3.05) is 9.44 Å². The van der Waals surface area contributed by atoms with Crippen LogP contribution in [0.2, 0.25) is 10.0 Å². The largest absolute Gasteiger partial charge is 0.289 e. The molecule has 178 valence electrons. The zero-order chi connectivity index (χ0) is 25.3. The van der Waals surface area contributed by atoms with E-state index in [0.717, 1.165) is 36.4 Å². The molecule has 0 spiro atoms. The number of nitro benzene ring substituents is 2. The number of benzene rings is 3. The highest BCUT2D eigenvalue weighted by Crippen LogP contribution is 2.36. The van der Waals surface area contributed by atoms with Gasteiger partial charge in [-0.2, -0.15) is 0 Å². The highest BCUT2D eigenvalue weighted by molar-refractivity contribution is 7.93. The van der Waals surface area contributed by atoms with E-state index in [1.807, 2.05) is 0 Å². The third-order valence-corrected chi connectivity index (χ3v) is 7.70. The van der Waals surface area contributed by atoms with E-state index in [9.17, 15) is 37.1 Å². The number of hydrogen-bond donors (Lipinski definition) is 2. The Kier molecular flexibility index (Phi) is 6.97. The first-order valence-electron chi connectivity index (χ1n) is 8.85. The molecule has 0 saturated carbocycles. The molecule has 3 aromatic carbocycles. The smallest absolute Gasteiger partial charge is 0.278 e. The summed E-state index contributed by atoms with van der Waals surface area (Å²) in [6, 6.07) is 11.1. The Labute approximate surface area is 202 Å². The van der Waals surface area contributed by atoms with Crippen LogP contribution in [-0.4, -0.2) is 26.7 Å². The van der Waals surface area contributed by atoms with E-state index in [-0.39, 0.29) is 21.4 Å². The van der Waals surface area contributed by atoms with Gasteiger partial charge in [0.25, 0.3) is 31.4 Å². The van der Waals surface area contributed by atoms with Gasteiger partial charge in [0.2, 0.25) is 0 Å². The summed E-state index contributed by atoms with van der Waals surface area (Å²) < 4.78 is 55.2. The average molecular weight is 547 g/mol. The van der Waals surface area contributed by atoms with Gasteiger partial charge in [-0.15, -0.1) is 0 Å². The summed E-state index contributed by atoms with van der Waals surface area (Å²) in [5, 5.41) is 21.9. The van der Waals surface area contributed by atoms with Crippen LogP contribution in [-0.2, 0) is 20.0 Å². The Hall–Kier alpha value is -3.46. The van der Waals surface area contributed by atoms with Gasteiger partial charge in [-0.25, -0.2) is 16.8 Å². The third-order valence-electron chi connectivity index (χ3n) is 4.25. The first kappa shape index (κ1) is 25.2. The Morgan fingerprint density at radius 1 is 0.647 bits per heavy atom. The van der Waals surface area contributed by atoms with Crippen molar-refractivity contribution in [2.45, 2.75) is 9.79 Å². The Morgan fingerprint density at radius 2 is 1.00 bits per heavy atom. The minimum atomic E-state index is -4.54. The van der Waals surface area contributed by atoms with Crippen molar-refractivity contribution in [1.29, 1.82) is 0 Å². The Balaban J connectivity index is 2.03. The first-order valence-corrected chi connectivity index (χ1v) is 12.6. The molecule has 0 amide bonds. The summed E-state index contributed by atoms with van der Waals surface area (Å²) in [5.41, 5.74) is -2.11. The topological polar surface area (TPSA) is 179 Å². The van der Waals surface area contributed by atoms with Gasteiger partial charge >= 0.3 is 0 Å². The average Bonchev–Trinajstić information content (AvgIpc) is 2.76. The minimum Gasteiger partial charge on any atom is -0.278 e. The molecular formula is C18H12Cl2N4O8S2. The maximum absolute atomic E-state index is 12.8. The summed E-state index contributed by atoms with van der Waals surface area (Å²) in [7, 11) is -9.08. The molecule has 0 aliphatic heterocycles. The highest BCUT2D eigenvalue weighted by Gasteiger charge is 2.28. The Morgan fingerprint density at radius 3 is 1.35 bits per heavy atom. The van der Waals surface area contributed by atoms with Gasteiger partial charge in [-0.05, 0) is 24.3 Å². The maximum Gasteiger partial charge on any atom is 0.289 e. The summed E-state index contributed by atoms with van der Waals surface area (Å²) in [4.78, 5) is 19.3. The van der Waals surface area contributed by atoms with Crippen LogP contribution in [0.15, 0.2) is 70.5 Å². The molecule has 3 aromatic rings. The van der Waals surface area contributed by atoms with Crippen LogP contribution in [0.3, 0.4) is 0 Å². The molecular weight excluding hydrogens is 535 g/mol. The molecule has 0 aliphatic rings. The predicted molar refractivity (Wildman–Crippen MR) is 124 cm³/mol. The number of nitrogens with one attached hydrogen (secondary N) is 2. The third kappa shape index (κ3) is 5.20. The Bertz CT molecular complexity index is 1420. The summed E-state index contributed by atoms with van der Waals surface area (Å²) >= 11 is 12.1. The number of rotatable bonds is 8. The molecule has 0 bridgehead atoms. The van der Waals surface area contributed by atoms with E-state index in [2.05, 4.69) is 9.44 Å². The van der Waals surface area contributed by atoms with Gasteiger partial charge < -0.3 is 0 Å². The second-order valence-electron chi connectivity index (χ2n) is 6.47. The molecule has 0 radical (unpaired) electrons. The molecule has 0 heterocycles. The lowest BCUT2D eigenvalue weighted by Gasteiger charge is -2.14. The molecule has 0 saturated heterocycles. The lowest BCUT2D eigenvalue weighted by atomic mass is 10.3. The number of nitrogens with zero attached hydrogens (tertiary/aromatic N) is 2. The van der Waals surface area contributed by atoms with Gasteiger partial charge in [0.05, 0.1) is 31.3 Å². The lowest BCUT2D eigenvalue weighted by molar-refractivity contribution is -0.388. The highest BCUT2D eigenvalue weighted by atomic mass is 35.5. The van der Waals surface area contributed by atoms with Gasteiger partial charge in [-0.1, -0.05) is 47.5 Å². The zero-order valence-corrected chi connectivity index (χ0v) is 19.7. The van der Waals surface area contributed by atoms with Crippen molar-refractivity contribution in [2.24, 2.45) is 0 Å². The molecule has 0 fully saturated rings. The van der Waals surface area contributed by atoms with Crippen LogP contribution < -0.4 is 9.44 Å². The van der Waals surface area contributed by atoms with Crippen LogP contribution in [0, 0.1) is 20.2 Å². The number of hydrogen-bond acceptors (Lipinski definition) is 8. The fourth-order valence-corrected chi connectivity index (χ4v) is 5.85. The molecule has 0 atom stereocenters. The monoisotopic (exact) mass is 546 g/mol. The maximum atomic E-state index is 12.8. The zero-order valence-electron chi connectivity index (χ0n) is 16.5.